The van der Waals surface area contributed by atoms with Crippen LogP contribution in [0.1, 0.15) is 48.5 Å². The zero-order valence-electron chi connectivity index (χ0n) is 20.7. The molecule has 0 fully saturated rings. The Bertz CT molecular complexity index is 1080. The van der Waals surface area contributed by atoms with E-state index in [1.807, 2.05) is 49.3 Å². The minimum absolute atomic E-state index is 0.0334. The molecule has 3 N–H and O–H groups in total. The van der Waals surface area contributed by atoms with Gasteiger partial charge < -0.3 is 20.2 Å². The van der Waals surface area contributed by atoms with E-state index >= 15 is 0 Å². The largest absolute Gasteiger partial charge is 0.507 e. The molecule has 0 saturated carbocycles. The van der Waals surface area contributed by atoms with E-state index < -0.39 is 12.5 Å². The molecular formula is C28H35NO6. The molecule has 1 aliphatic rings. The molecule has 35 heavy (non-hydrogen) atoms. The first-order valence-electron chi connectivity index (χ1n) is 12.1. The first-order chi connectivity index (χ1) is 16.7. The first-order valence-corrected chi connectivity index (χ1v) is 12.1. The van der Waals surface area contributed by atoms with Gasteiger partial charge in [-0.15, -0.1) is 0 Å². The molecule has 0 amide bonds. The Morgan fingerprint density at radius 1 is 1.06 bits per heavy atom. The normalized spacial score (nSPS) is 16.9. The molecule has 0 saturated heterocycles. The number of aliphatic hydroxyl groups is 2. The number of phenolic OH excluding ortho intramolecular Hbond substituents is 1. The summed E-state index contributed by atoms with van der Waals surface area (Å²) >= 11 is 0. The third kappa shape index (κ3) is 6.16. The van der Waals surface area contributed by atoms with Crippen LogP contribution in [0.2, 0.25) is 0 Å². The SMILES string of the molecule is CC(=O)CC(=O)C(CO)C(CCO)CC1CC(=O)c2c(O)ccc(-c3ccc(N(C)C)cc3)c2C1. The van der Waals surface area contributed by atoms with Crippen molar-refractivity contribution in [2.45, 2.75) is 39.0 Å². The number of aromatic hydroxyl groups is 1. The van der Waals surface area contributed by atoms with Crippen LogP contribution in [0.3, 0.4) is 0 Å². The second-order valence-corrected chi connectivity index (χ2v) is 9.77. The number of fused-ring (bicyclic) bond motifs is 1. The summed E-state index contributed by atoms with van der Waals surface area (Å²) in [6.07, 6.45) is 1.24. The van der Waals surface area contributed by atoms with Gasteiger partial charge in [0.25, 0.3) is 0 Å². The van der Waals surface area contributed by atoms with Gasteiger partial charge in [0.2, 0.25) is 0 Å². The smallest absolute Gasteiger partial charge is 0.167 e. The maximum absolute atomic E-state index is 13.1. The average molecular weight is 482 g/mol. The van der Waals surface area contributed by atoms with E-state index in [1.54, 1.807) is 6.07 Å². The molecule has 3 unspecified atom stereocenters. The number of benzene rings is 2. The van der Waals surface area contributed by atoms with Crippen LogP contribution in [0.25, 0.3) is 11.1 Å². The summed E-state index contributed by atoms with van der Waals surface area (Å²) in [5.74, 6) is -2.01. The molecule has 0 bridgehead atoms. The van der Waals surface area contributed by atoms with Crippen molar-refractivity contribution in [3.05, 3.63) is 47.5 Å². The van der Waals surface area contributed by atoms with Crippen LogP contribution in [0, 0.1) is 17.8 Å². The summed E-state index contributed by atoms with van der Waals surface area (Å²) < 4.78 is 0. The van der Waals surface area contributed by atoms with Gasteiger partial charge in [0.1, 0.15) is 17.3 Å². The Hall–Kier alpha value is -3.03. The lowest BCUT2D eigenvalue weighted by Gasteiger charge is -2.31. The minimum Gasteiger partial charge on any atom is -0.507 e. The molecule has 0 heterocycles. The van der Waals surface area contributed by atoms with Gasteiger partial charge >= 0.3 is 0 Å². The molecule has 7 heteroatoms. The van der Waals surface area contributed by atoms with E-state index in [-0.39, 0.29) is 54.4 Å². The van der Waals surface area contributed by atoms with Crippen LogP contribution < -0.4 is 4.90 Å². The lowest BCUT2D eigenvalue weighted by Crippen LogP contribution is -2.32. The van der Waals surface area contributed by atoms with Crippen LogP contribution in [-0.2, 0) is 16.0 Å². The molecule has 0 spiro atoms. The Morgan fingerprint density at radius 3 is 2.31 bits per heavy atom. The third-order valence-electron chi connectivity index (χ3n) is 6.97. The molecule has 2 aromatic carbocycles. The number of rotatable bonds is 11. The van der Waals surface area contributed by atoms with Crippen molar-refractivity contribution < 1.29 is 29.7 Å². The molecule has 2 aromatic rings. The molecular weight excluding hydrogens is 446 g/mol. The van der Waals surface area contributed by atoms with Crippen LogP contribution in [0.4, 0.5) is 5.69 Å². The van der Waals surface area contributed by atoms with E-state index in [1.165, 1.54) is 6.92 Å². The summed E-state index contributed by atoms with van der Waals surface area (Å²) in [5, 5.41) is 30.0. The minimum atomic E-state index is -0.759. The number of phenols is 1. The van der Waals surface area contributed by atoms with Gasteiger partial charge in [-0.2, -0.15) is 0 Å². The zero-order valence-corrected chi connectivity index (χ0v) is 20.7. The topological polar surface area (TPSA) is 115 Å². The molecule has 0 aliphatic heterocycles. The number of carbonyl (C=O) groups excluding carboxylic acids is 3. The molecule has 0 radical (unpaired) electrons. The van der Waals surface area contributed by atoms with Gasteiger partial charge in [-0.3, -0.25) is 14.4 Å². The van der Waals surface area contributed by atoms with Crippen molar-refractivity contribution in [3.63, 3.8) is 0 Å². The van der Waals surface area contributed by atoms with Gasteiger partial charge in [-0.25, -0.2) is 0 Å². The molecule has 0 aromatic heterocycles. The first kappa shape index (κ1) is 26.6. The highest BCUT2D eigenvalue weighted by atomic mass is 16.3. The average Bonchev–Trinajstić information content (AvgIpc) is 2.79. The number of hydrogen-bond acceptors (Lipinski definition) is 7. The van der Waals surface area contributed by atoms with Gasteiger partial charge in [0.15, 0.2) is 5.78 Å². The number of carbonyl (C=O) groups is 3. The molecule has 7 nitrogen and oxygen atoms in total. The van der Waals surface area contributed by atoms with Gasteiger partial charge in [0.05, 0.1) is 18.6 Å². The Morgan fingerprint density at radius 2 is 1.74 bits per heavy atom. The second kappa shape index (κ2) is 11.6. The Kier molecular flexibility index (Phi) is 8.81. The predicted octanol–water partition coefficient (Wildman–Crippen LogP) is 3.42. The highest BCUT2D eigenvalue weighted by Crippen LogP contribution is 2.41. The summed E-state index contributed by atoms with van der Waals surface area (Å²) in [7, 11) is 3.93. The van der Waals surface area contributed by atoms with Crippen LogP contribution >= 0.6 is 0 Å². The van der Waals surface area contributed by atoms with Crippen molar-refractivity contribution in [3.8, 4) is 16.9 Å². The fourth-order valence-corrected chi connectivity index (χ4v) is 5.23. The monoisotopic (exact) mass is 481 g/mol. The second-order valence-electron chi connectivity index (χ2n) is 9.77. The highest BCUT2D eigenvalue weighted by Gasteiger charge is 2.35. The molecule has 3 atom stereocenters. The molecule has 188 valence electrons. The Labute approximate surface area is 206 Å². The summed E-state index contributed by atoms with van der Waals surface area (Å²) in [4.78, 5) is 39.2. The van der Waals surface area contributed by atoms with Crippen molar-refractivity contribution >= 4 is 23.0 Å². The van der Waals surface area contributed by atoms with E-state index in [0.717, 1.165) is 22.4 Å². The van der Waals surface area contributed by atoms with Crippen molar-refractivity contribution in [1.82, 2.24) is 0 Å². The number of hydrogen-bond donors (Lipinski definition) is 3. The van der Waals surface area contributed by atoms with Gasteiger partial charge in [-0.05, 0) is 72.9 Å². The molecule has 3 rings (SSSR count). The standard InChI is InChI=1S/C28H35NO6/c1-17(32)12-26(34)24(16-31)20(10-11-30)13-18-14-23-22(8-9-25(33)28(23)27(35)15-18)19-4-6-21(7-5-19)29(2)3/h4-9,18,20,24,30-31,33H,10-16H2,1-3H3. The van der Waals surface area contributed by atoms with Gasteiger partial charge in [-0.1, -0.05) is 18.2 Å². The quantitative estimate of drug-likeness (QED) is 0.421. The fraction of sp³-hybridized carbons (Fsp3) is 0.464. The number of nitrogens with zero attached hydrogens (tertiary/aromatic N) is 1. The van der Waals surface area contributed by atoms with E-state index in [0.29, 0.717) is 24.8 Å². The number of anilines is 1. The number of Topliss-reactive ketones (excluding diaryl/α,β-unsaturated/α-hetero) is 3. The Balaban J connectivity index is 1.92. The van der Waals surface area contributed by atoms with Crippen LogP contribution in [0.5, 0.6) is 5.75 Å². The summed E-state index contributed by atoms with van der Waals surface area (Å²) in [5.41, 5.74) is 4.00. The zero-order chi connectivity index (χ0) is 25.7. The number of aliphatic hydroxyl groups excluding tert-OH is 2. The third-order valence-corrected chi connectivity index (χ3v) is 6.97. The van der Waals surface area contributed by atoms with Crippen molar-refractivity contribution in [2.75, 3.05) is 32.2 Å². The van der Waals surface area contributed by atoms with Crippen molar-refractivity contribution in [2.24, 2.45) is 17.8 Å². The van der Waals surface area contributed by atoms with E-state index in [2.05, 4.69) is 0 Å². The van der Waals surface area contributed by atoms with E-state index in [9.17, 15) is 29.7 Å². The van der Waals surface area contributed by atoms with Gasteiger partial charge in [0, 0.05) is 38.7 Å². The maximum Gasteiger partial charge on any atom is 0.167 e. The fourth-order valence-electron chi connectivity index (χ4n) is 5.23. The van der Waals surface area contributed by atoms with Crippen molar-refractivity contribution in [1.29, 1.82) is 0 Å². The molecule has 1 aliphatic carbocycles. The maximum atomic E-state index is 13.1. The lowest BCUT2D eigenvalue weighted by molar-refractivity contribution is -0.131. The highest BCUT2D eigenvalue weighted by molar-refractivity contribution is 6.03. The predicted molar refractivity (Wildman–Crippen MR) is 135 cm³/mol. The van der Waals surface area contributed by atoms with E-state index in [4.69, 9.17) is 0 Å². The van der Waals surface area contributed by atoms with Crippen LogP contribution in [0.15, 0.2) is 36.4 Å². The summed E-state index contributed by atoms with van der Waals surface area (Å²) in [6.45, 7) is 0.775. The van der Waals surface area contributed by atoms with Crippen LogP contribution in [-0.4, -0.2) is 60.0 Å². The lowest BCUT2D eigenvalue weighted by atomic mass is 9.72. The number of ketones is 3. The summed E-state index contributed by atoms with van der Waals surface area (Å²) in [6, 6.07) is 11.4.